The van der Waals surface area contributed by atoms with E-state index in [1.54, 1.807) is 23.5 Å². The van der Waals surface area contributed by atoms with Crippen LogP contribution in [0.3, 0.4) is 0 Å². The first-order valence-electron chi connectivity index (χ1n) is 10.4. The lowest BCUT2D eigenvalue weighted by Gasteiger charge is -2.25. The average molecular weight is 561 g/mol. The first-order chi connectivity index (χ1) is 14.4. The minimum atomic E-state index is -3.40. The van der Waals surface area contributed by atoms with E-state index in [-0.39, 0.29) is 24.0 Å². The normalized spacial score (nSPS) is 15.5. The van der Waals surface area contributed by atoms with Crippen LogP contribution >= 0.6 is 24.0 Å². The molecule has 8 nitrogen and oxygen atoms in total. The van der Waals surface area contributed by atoms with Crippen LogP contribution in [0, 0.1) is 0 Å². The molecule has 2 aromatic rings. The van der Waals surface area contributed by atoms with Crippen molar-refractivity contribution in [3.8, 4) is 0 Å². The Hall–Kier alpha value is -1.66. The molecule has 0 saturated carbocycles. The molecule has 0 radical (unpaired) electrons. The Bertz CT molecular complexity index is 952. The van der Waals surface area contributed by atoms with Crippen molar-refractivity contribution in [2.75, 3.05) is 20.1 Å². The van der Waals surface area contributed by atoms with Crippen LogP contribution in [-0.4, -0.2) is 44.0 Å². The lowest BCUT2D eigenvalue weighted by Crippen LogP contribution is -2.36. The largest absolute Gasteiger partial charge is 0.359 e. The predicted molar refractivity (Wildman–Crippen MR) is 132 cm³/mol. The summed E-state index contributed by atoms with van der Waals surface area (Å²) >= 11 is 0. The van der Waals surface area contributed by atoms with Gasteiger partial charge in [0.1, 0.15) is 0 Å². The van der Waals surface area contributed by atoms with Gasteiger partial charge in [0.15, 0.2) is 11.7 Å². The minimum absolute atomic E-state index is 0. The molecule has 1 saturated heterocycles. The van der Waals surface area contributed by atoms with Crippen LogP contribution in [0.4, 0.5) is 0 Å². The molecular formula is C21H32IN5O3S. The standard InChI is InChI=1S/C21H31N5O3S.HI/c1-16(2)20-13-18(29-25-20)15-24-21(22-3)23-14-17-7-9-19(10-8-17)30(27,28)26-11-5-4-6-12-26;/h7-10,13,16H,4-6,11-12,14-15H2,1-3H3,(H2,22,23,24);1H. The molecule has 1 fully saturated rings. The maximum Gasteiger partial charge on any atom is 0.243 e. The molecule has 0 unspecified atom stereocenters. The monoisotopic (exact) mass is 561 g/mol. The topological polar surface area (TPSA) is 99.8 Å². The molecule has 10 heteroatoms. The van der Waals surface area contributed by atoms with Crippen molar-refractivity contribution in [1.82, 2.24) is 20.1 Å². The molecule has 0 atom stereocenters. The first kappa shape index (κ1) is 25.6. The van der Waals surface area contributed by atoms with Gasteiger partial charge in [-0.2, -0.15) is 4.31 Å². The van der Waals surface area contributed by atoms with Crippen molar-refractivity contribution in [2.45, 2.75) is 57.0 Å². The van der Waals surface area contributed by atoms with Gasteiger partial charge in [-0.15, -0.1) is 24.0 Å². The van der Waals surface area contributed by atoms with Gasteiger partial charge >= 0.3 is 0 Å². The zero-order valence-corrected chi connectivity index (χ0v) is 21.4. The van der Waals surface area contributed by atoms with Gasteiger partial charge in [0, 0.05) is 32.7 Å². The average Bonchev–Trinajstić information content (AvgIpc) is 3.24. The van der Waals surface area contributed by atoms with E-state index in [0.717, 1.165) is 36.3 Å². The van der Waals surface area contributed by atoms with E-state index in [9.17, 15) is 8.42 Å². The Kier molecular flexibility index (Phi) is 9.76. The summed E-state index contributed by atoms with van der Waals surface area (Å²) in [4.78, 5) is 4.56. The summed E-state index contributed by atoms with van der Waals surface area (Å²) in [5.41, 5.74) is 1.90. The fourth-order valence-electron chi connectivity index (χ4n) is 3.30. The molecule has 1 aromatic heterocycles. The highest BCUT2D eigenvalue weighted by Crippen LogP contribution is 2.21. The van der Waals surface area contributed by atoms with E-state index in [1.165, 1.54) is 0 Å². The van der Waals surface area contributed by atoms with Gasteiger partial charge < -0.3 is 15.2 Å². The highest BCUT2D eigenvalue weighted by molar-refractivity contribution is 14.0. The number of halogens is 1. The number of guanidine groups is 1. The SMILES string of the molecule is CN=C(NCc1ccc(S(=O)(=O)N2CCCCC2)cc1)NCc1cc(C(C)C)no1.I. The molecule has 2 N–H and O–H groups in total. The minimum Gasteiger partial charge on any atom is -0.359 e. The number of rotatable bonds is 7. The summed E-state index contributed by atoms with van der Waals surface area (Å²) < 4.78 is 32.4. The lowest BCUT2D eigenvalue weighted by atomic mass is 10.1. The number of hydrogen-bond donors (Lipinski definition) is 2. The summed E-state index contributed by atoms with van der Waals surface area (Å²) in [5.74, 6) is 1.69. The first-order valence-corrected chi connectivity index (χ1v) is 11.8. The highest BCUT2D eigenvalue weighted by Gasteiger charge is 2.25. The number of aliphatic imine (C=N–C) groups is 1. The number of aromatic nitrogens is 1. The molecule has 0 aliphatic carbocycles. The summed E-state index contributed by atoms with van der Waals surface area (Å²) in [7, 11) is -1.70. The Morgan fingerprint density at radius 2 is 1.77 bits per heavy atom. The van der Waals surface area contributed by atoms with Gasteiger partial charge in [0.05, 0.1) is 17.1 Å². The van der Waals surface area contributed by atoms with Gasteiger partial charge in [-0.1, -0.05) is 37.6 Å². The Morgan fingerprint density at radius 3 is 2.35 bits per heavy atom. The molecular weight excluding hydrogens is 529 g/mol. The maximum absolute atomic E-state index is 12.7. The maximum atomic E-state index is 12.7. The van der Waals surface area contributed by atoms with Gasteiger partial charge in [-0.3, -0.25) is 4.99 Å². The fraction of sp³-hybridized carbons (Fsp3) is 0.524. The van der Waals surface area contributed by atoms with Crippen LogP contribution < -0.4 is 10.6 Å². The number of hydrogen-bond acceptors (Lipinski definition) is 5. The molecule has 0 spiro atoms. The predicted octanol–water partition coefficient (Wildman–Crippen LogP) is 3.46. The third-order valence-corrected chi connectivity index (χ3v) is 7.07. The molecule has 1 aliphatic heterocycles. The molecule has 3 rings (SSSR count). The fourth-order valence-corrected chi connectivity index (χ4v) is 4.81. The second-order valence-corrected chi connectivity index (χ2v) is 9.70. The number of nitrogens with zero attached hydrogens (tertiary/aromatic N) is 3. The van der Waals surface area contributed by atoms with E-state index in [1.807, 2.05) is 18.2 Å². The van der Waals surface area contributed by atoms with Gasteiger partial charge in [-0.25, -0.2) is 8.42 Å². The van der Waals surface area contributed by atoms with Gasteiger partial charge in [0.2, 0.25) is 10.0 Å². The molecule has 1 aromatic carbocycles. The Morgan fingerprint density at radius 1 is 1.13 bits per heavy atom. The molecule has 0 bridgehead atoms. The van der Waals surface area contributed by atoms with Crippen molar-refractivity contribution in [3.63, 3.8) is 0 Å². The van der Waals surface area contributed by atoms with E-state index >= 15 is 0 Å². The smallest absolute Gasteiger partial charge is 0.243 e. The Labute approximate surface area is 201 Å². The van der Waals surface area contributed by atoms with Crippen molar-refractivity contribution in [2.24, 2.45) is 4.99 Å². The summed E-state index contributed by atoms with van der Waals surface area (Å²) in [5, 5.41) is 10.5. The van der Waals surface area contributed by atoms with Crippen LogP contribution in [-0.2, 0) is 23.1 Å². The summed E-state index contributed by atoms with van der Waals surface area (Å²) in [6, 6.07) is 8.97. The van der Waals surface area contributed by atoms with Crippen molar-refractivity contribution in [1.29, 1.82) is 0 Å². The second kappa shape index (κ2) is 11.8. The van der Waals surface area contributed by atoms with E-state index in [2.05, 4.69) is 34.6 Å². The third kappa shape index (κ3) is 6.91. The quantitative estimate of drug-likeness (QED) is 0.305. The zero-order chi connectivity index (χ0) is 21.6. The summed E-state index contributed by atoms with van der Waals surface area (Å²) in [6.07, 6.45) is 2.96. The lowest BCUT2D eigenvalue weighted by molar-refractivity contribution is 0.346. The van der Waals surface area contributed by atoms with Crippen LogP contribution in [0.5, 0.6) is 0 Å². The van der Waals surface area contributed by atoms with E-state index in [4.69, 9.17) is 4.52 Å². The molecule has 2 heterocycles. The molecule has 0 amide bonds. The molecule has 31 heavy (non-hydrogen) atoms. The molecule has 172 valence electrons. The Balaban J connectivity index is 0.00000341. The van der Waals surface area contributed by atoms with Gasteiger partial charge in [0.25, 0.3) is 0 Å². The molecule has 1 aliphatic rings. The van der Waals surface area contributed by atoms with Gasteiger partial charge in [-0.05, 0) is 36.5 Å². The third-order valence-electron chi connectivity index (χ3n) is 5.16. The number of benzene rings is 1. The number of piperidine rings is 1. The second-order valence-electron chi connectivity index (χ2n) is 7.76. The zero-order valence-electron chi connectivity index (χ0n) is 18.3. The van der Waals surface area contributed by atoms with Crippen molar-refractivity contribution in [3.05, 3.63) is 47.3 Å². The van der Waals surface area contributed by atoms with Crippen LogP contribution in [0.2, 0.25) is 0 Å². The number of nitrogens with one attached hydrogen (secondary N) is 2. The van der Waals surface area contributed by atoms with Crippen LogP contribution in [0.15, 0.2) is 44.7 Å². The van der Waals surface area contributed by atoms with E-state index < -0.39 is 10.0 Å². The number of sulfonamides is 1. The van der Waals surface area contributed by atoms with Crippen LogP contribution in [0.25, 0.3) is 0 Å². The highest BCUT2D eigenvalue weighted by atomic mass is 127. The van der Waals surface area contributed by atoms with Crippen LogP contribution in [0.1, 0.15) is 56.0 Å². The van der Waals surface area contributed by atoms with Crippen molar-refractivity contribution >= 4 is 40.0 Å². The van der Waals surface area contributed by atoms with Crippen molar-refractivity contribution < 1.29 is 12.9 Å². The summed E-state index contributed by atoms with van der Waals surface area (Å²) in [6.45, 7) is 6.36. The van der Waals surface area contributed by atoms with E-state index in [0.29, 0.717) is 43.0 Å².